The molecule has 0 aliphatic rings. The van der Waals surface area contributed by atoms with Crippen LogP contribution < -0.4 is 0 Å². The van der Waals surface area contributed by atoms with Crippen LogP contribution in [-0.2, 0) is 0 Å². The molecule has 0 spiro atoms. The molecule has 0 aromatic carbocycles. The van der Waals surface area contributed by atoms with Crippen molar-refractivity contribution in [1.29, 1.82) is 0 Å². The topological polar surface area (TPSA) is 0 Å². The van der Waals surface area contributed by atoms with Crippen molar-refractivity contribution in [2.24, 2.45) is 5.92 Å². The fourth-order valence-corrected chi connectivity index (χ4v) is 0.842. The third kappa shape index (κ3) is 4.87. The predicted molar refractivity (Wildman–Crippen MR) is 48.3 cm³/mol. The highest BCUT2D eigenvalue weighted by Gasteiger charge is 1.98. The minimum absolute atomic E-state index is 0.814. The SMILES string of the molecule is CC=C(Cl)CCC(C)CC. The number of hydrogen-bond donors (Lipinski definition) is 0. The summed E-state index contributed by atoms with van der Waals surface area (Å²) in [7, 11) is 0. The zero-order valence-corrected chi connectivity index (χ0v) is 7.91. The molecule has 0 amide bonds. The molecule has 0 aromatic rings. The van der Waals surface area contributed by atoms with E-state index in [4.69, 9.17) is 11.6 Å². The smallest absolute Gasteiger partial charge is 0.0138 e. The Balaban J connectivity index is 3.35. The molecule has 0 fully saturated rings. The van der Waals surface area contributed by atoms with E-state index in [1.54, 1.807) is 0 Å². The summed E-state index contributed by atoms with van der Waals surface area (Å²) in [5, 5.41) is 1.00. The standard InChI is InChI=1S/C9H17Cl/c1-4-8(3)6-7-9(10)5-2/h5,8H,4,6-7H2,1-3H3. The predicted octanol–water partition coefficient (Wildman–Crippen LogP) is 3.96. The van der Waals surface area contributed by atoms with Gasteiger partial charge in [-0.05, 0) is 25.7 Å². The van der Waals surface area contributed by atoms with Gasteiger partial charge in [-0.3, -0.25) is 0 Å². The molecule has 0 aliphatic heterocycles. The first-order chi connectivity index (χ1) is 4.70. The van der Waals surface area contributed by atoms with Gasteiger partial charge in [0.1, 0.15) is 0 Å². The Labute approximate surface area is 69.3 Å². The van der Waals surface area contributed by atoms with Crippen molar-refractivity contribution in [1.82, 2.24) is 0 Å². The summed E-state index contributed by atoms with van der Waals surface area (Å²) in [5.41, 5.74) is 0. The van der Waals surface area contributed by atoms with E-state index in [2.05, 4.69) is 13.8 Å². The molecular weight excluding hydrogens is 144 g/mol. The number of rotatable bonds is 4. The largest absolute Gasteiger partial charge is 0.0895 e. The van der Waals surface area contributed by atoms with Gasteiger partial charge in [0, 0.05) is 5.03 Å². The second kappa shape index (κ2) is 5.79. The first-order valence-corrected chi connectivity index (χ1v) is 4.39. The molecule has 0 nitrogen and oxygen atoms in total. The Kier molecular flexibility index (Phi) is 5.81. The fraction of sp³-hybridized carbons (Fsp3) is 0.778. The summed E-state index contributed by atoms with van der Waals surface area (Å²) in [5.74, 6) is 0.814. The second-order valence-corrected chi connectivity index (χ2v) is 3.27. The molecule has 0 saturated carbocycles. The molecule has 0 rings (SSSR count). The Bertz CT molecular complexity index is 105. The van der Waals surface area contributed by atoms with Crippen LogP contribution in [0, 0.1) is 5.92 Å². The van der Waals surface area contributed by atoms with Crippen LogP contribution in [0.5, 0.6) is 0 Å². The Morgan fingerprint density at radius 2 is 2.20 bits per heavy atom. The molecule has 0 saturated heterocycles. The molecule has 0 bridgehead atoms. The maximum atomic E-state index is 5.83. The van der Waals surface area contributed by atoms with Gasteiger partial charge in [-0.1, -0.05) is 37.9 Å². The molecule has 10 heavy (non-hydrogen) atoms. The second-order valence-electron chi connectivity index (χ2n) is 2.79. The molecule has 1 atom stereocenters. The first-order valence-electron chi connectivity index (χ1n) is 4.01. The van der Waals surface area contributed by atoms with Crippen molar-refractivity contribution < 1.29 is 0 Å². The van der Waals surface area contributed by atoms with E-state index >= 15 is 0 Å². The lowest BCUT2D eigenvalue weighted by Crippen LogP contribution is -1.90. The normalized spacial score (nSPS) is 15.4. The van der Waals surface area contributed by atoms with E-state index in [0.717, 1.165) is 17.4 Å². The molecular formula is C9H17Cl. The van der Waals surface area contributed by atoms with Crippen LogP contribution in [0.25, 0.3) is 0 Å². The maximum Gasteiger partial charge on any atom is 0.0138 e. The third-order valence-corrected chi connectivity index (χ3v) is 2.29. The molecule has 0 aliphatic carbocycles. The van der Waals surface area contributed by atoms with Crippen LogP contribution in [0.4, 0.5) is 0 Å². The number of halogens is 1. The van der Waals surface area contributed by atoms with E-state index in [1.807, 2.05) is 13.0 Å². The van der Waals surface area contributed by atoms with Crippen LogP contribution in [0.1, 0.15) is 40.0 Å². The van der Waals surface area contributed by atoms with Crippen LogP contribution >= 0.6 is 11.6 Å². The molecule has 60 valence electrons. The quantitative estimate of drug-likeness (QED) is 0.584. The summed E-state index contributed by atoms with van der Waals surface area (Å²) in [6.07, 6.45) is 5.50. The molecule has 0 N–H and O–H groups in total. The lowest BCUT2D eigenvalue weighted by Gasteiger charge is -2.05. The Morgan fingerprint density at radius 3 is 2.60 bits per heavy atom. The summed E-state index contributed by atoms with van der Waals surface area (Å²) in [4.78, 5) is 0. The molecule has 1 unspecified atom stereocenters. The van der Waals surface area contributed by atoms with Gasteiger partial charge in [-0.2, -0.15) is 0 Å². The van der Waals surface area contributed by atoms with Gasteiger partial charge >= 0.3 is 0 Å². The maximum absolute atomic E-state index is 5.83. The summed E-state index contributed by atoms with van der Waals surface area (Å²) in [6, 6.07) is 0. The van der Waals surface area contributed by atoms with Crippen LogP contribution in [0.15, 0.2) is 11.1 Å². The van der Waals surface area contributed by atoms with Crippen LogP contribution in [-0.4, -0.2) is 0 Å². The van der Waals surface area contributed by atoms with Gasteiger partial charge in [0.2, 0.25) is 0 Å². The van der Waals surface area contributed by atoms with E-state index in [1.165, 1.54) is 12.8 Å². The minimum Gasteiger partial charge on any atom is -0.0895 e. The highest BCUT2D eigenvalue weighted by molar-refractivity contribution is 6.29. The molecule has 0 aromatic heterocycles. The zero-order chi connectivity index (χ0) is 7.98. The lowest BCUT2D eigenvalue weighted by molar-refractivity contribution is 0.519. The highest BCUT2D eigenvalue weighted by atomic mass is 35.5. The molecule has 0 radical (unpaired) electrons. The molecule has 1 heteroatoms. The van der Waals surface area contributed by atoms with Gasteiger partial charge < -0.3 is 0 Å². The van der Waals surface area contributed by atoms with Gasteiger partial charge in [0.15, 0.2) is 0 Å². The Morgan fingerprint density at radius 1 is 1.60 bits per heavy atom. The van der Waals surface area contributed by atoms with Crippen molar-refractivity contribution in [2.75, 3.05) is 0 Å². The minimum atomic E-state index is 0.814. The monoisotopic (exact) mass is 160 g/mol. The highest BCUT2D eigenvalue weighted by Crippen LogP contribution is 2.16. The Hall–Kier alpha value is 0.0300. The average Bonchev–Trinajstić information content (AvgIpc) is 1.99. The lowest BCUT2D eigenvalue weighted by atomic mass is 10.0. The average molecular weight is 161 g/mol. The van der Waals surface area contributed by atoms with Crippen molar-refractivity contribution in [3.63, 3.8) is 0 Å². The van der Waals surface area contributed by atoms with Gasteiger partial charge in [-0.25, -0.2) is 0 Å². The van der Waals surface area contributed by atoms with E-state index in [-0.39, 0.29) is 0 Å². The first kappa shape index (κ1) is 10.0. The van der Waals surface area contributed by atoms with Crippen molar-refractivity contribution in [3.8, 4) is 0 Å². The van der Waals surface area contributed by atoms with E-state index in [0.29, 0.717) is 0 Å². The number of hydrogen-bond acceptors (Lipinski definition) is 0. The van der Waals surface area contributed by atoms with E-state index in [9.17, 15) is 0 Å². The van der Waals surface area contributed by atoms with Crippen molar-refractivity contribution in [2.45, 2.75) is 40.0 Å². The van der Waals surface area contributed by atoms with Crippen LogP contribution in [0.2, 0.25) is 0 Å². The van der Waals surface area contributed by atoms with Crippen LogP contribution in [0.3, 0.4) is 0 Å². The van der Waals surface area contributed by atoms with Crippen molar-refractivity contribution >= 4 is 11.6 Å². The van der Waals surface area contributed by atoms with Crippen molar-refractivity contribution in [3.05, 3.63) is 11.1 Å². The number of allylic oxidation sites excluding steroid dienone is 2. The fourth-order valence-electron chi connectivity index (χ4n) is 0.733. The summed E-state index contributed by atoms with van der Waals surface area (Å²) < 4.78 is 0. The summed E-state index contributed by atoms with van der Waals surface area (Å²) >= 11 is 5.83. The third-order valence-electron chi connectivity index (χ3n) is 1.89. The van der Waals surface area contributed by atoms with Gasteiger partial charge in [0.05, 0.1) is 0 Å². The van der Waals surface area contributed by atoms with Gasteiger partial charge in [0.25, 0.3) is 0 Å². The zero-order valence-electron chi connectivity index (χ0n) is 7.15. The molecule has 0 heterocycles. The van der Waals surface area contributed by atoms with E-state index < -0.39 is 0 Å². The summed E-state index contributed by atoms with van der Waals surface area (Å²) in [6.45, 7) is 6.47. The van der Waals surface area contributed by atoms with Gasteiger partial charge in [-0.15, -0.1) is 0 Å².